The average molecular weight is 309 g/mol. The van der Waals surface area contributed by atoms with Gasteiger partial charge < -0.3 is 9.67 Å². The molecule has 0 aliphatic carbocycles. The fraction of sp³-hybridized carbons (Fsp3) is 0.375. The maximum absolute atomic E-state index is 13.8. The second kappa shape index (κ2) is 5.87. The highest BCUT2D eigenvalue weighted by molar-refractivity contribution is 5.93. The number of carbonyl (C=O) groups is 1. The molecule has 22 heavy (non-hydrogen) atoms. The number of hydrogen-bond donors (Lipinski definition) is 1. The second-order valence-electron chi connectivity index (χ2n) is 5.25. The van der Waals surface area contributed by atoms with E-state index in [1.807, 2.05) is 13.8 Å². The zero-order chi connectivity index (χ0) is 16.6. The van der Waals surface area contributed by atoms with Crippen molar-refractivity contribution < 1.29 is 18.7 Å². The number of hydrogen-bond acceptors (Lipinski definition) is 2. The van der Waals surface area contributed by atoms with Crippen molar-refractivity contribution in [3.63, 3.8) is 0 Å². The third kappa shape index (κ3) is 2.38. The van der Waals surface area contributed by atoms with Crippen molar-refractivity contribution in [3.05, 3.63) is 45.2 Å². The molecule has 0 unspecified atom stereocenters. The molecule has 0 atom stereocenters. The number of pyridine rings is 1. The fourth-order valence-electron chi connectivity index (χ4n) is 2.77. The Balaban J connectivity index is 3.05. The van der Waals surface area contributed by atoms with Gasteiger partial charge in [0.25, 0.3) is 0 Å². The highest BCUT2D eigenvalue weighted by Gasteiger charge is 2.22. The van der Waals surface area contributed by atoms with Crippen LogP contribution in [0.2, 0.25) is 0 Å². The molecule has 1 N–H and O–H groups in total. The van der Waals surface area contributed by atoms with Crippen molar-refractivity contribution in [3.8, 4) is 0 Å². The van der Waals surface area contributed by atoms with Gasteiger partial charge in [0.1, 0.15) is 5.56 Å². The smallest absolute Gasteiger partial charge is 0.341 e. The summed E-state index contributed by atoms with van der Waals surface area (Å²) in [6, 6.07) is 0.855. The molecule has 0 saturated heterocycles. The summed E-state index contributed by atoms with van der Waals surface area (Å²) in [5.41, 5.74) is -1.17. The van der Waals surface area contributed by atoms with Gasteiger partial charge in [-0.05, 0) is 19.8 Å². The van der Waals surface area contributed by atoms with E-state index in [1.165, 1.54) is 13.1 Å². The minimum Gasteiger partial charge on any atom is -0.477 e. The number of fused-ring (bicyclic) bond motifs is 1. The third-order valence-electron chi connectivity index (χ3n) is 4.02. The summed E-state index contributed by atoms with van der Waals surface area (Å²) in [5, 5.41) is 9.13. The van der Waals surface area contributed by atoms with Crippen LogP contribution in [0, 0.1) is 18.6 Å². The molecule has 6 heteroatoms. The minimum absolute atomic E-state index is 0.0781. The molecule has 0 saturated carbocycles. The second-order valence-corrected chi connectivity index (χ2v) is 5.25. The molecule has 1 heterocycles. The van der Waals surface area contributed by atoms with Crippen LogP contribution in [0.1, 0.15) is 48.7 Å². The summed E-state index contributed by atoms with van der Waals surface area (Å²) in [5.74, 6) is -3.55. The molecule has 1 aromatic carbocycles. The van der Waals surface area contributed by atoms with Crippen molar-refractivity contribution in [2.75, 3.05) is 0 Å². The Morgan fingerprint density at radius 2 is 1.91 bits per heavy atom. The predicted molar refractivity (Wildman–Crippen MR) is 79.4 cm³/mol. The summed E-state index contributed by atoms with van der Waals surface area (Å²) >= 11 is 0. The Labute approximate surface area is 126 Å². The predicted octanol–water partition coefficient (Wildman–Crippen LogP) is 3.65. The van der Waals surface area contributed by atoms with Crippen LogP contribution in [0.5, 0.6) is 0 Å². The van der Waals surface area contributed by atoms with Crippen LogP contribution in [-0.2, 0) is 0 Å². The molecule has 118 valence electrons. The highest BCUT2D eigenvalue weighted by atomic mass is 19.2. The Kier molecular flexibility index (Phi) is 4.30. The molecule has 0 aliphatic rings. The first-order valence-corrected chi connectivity index (χ1v) is 7.10. The Morgan fingerprint density at radius 3 is 2.41 bits per heavy atom. The van der Waals surface area contributed by atoms with Gasteiger partial charge in [0, 0.05) is 23.9 Å². The van der Waals surface area contributed by atoms with Gasteiger partial charge in [0.15, 0.2) is 11.6 Å². The number of benzene rings is 1. The first kappa shape index (κ1) is 16.1. The number of nitrogens with zero attached hydrogens (tertiary/aromatic N) is 1. The molecule has 2 aromatic rings. The largest absolute Gasteiger partial charge is 0.477 e. The van der Waals surface area contributed by atoms with Crippen molar-refractivity contribution in [1.82, 2.24) is 4.57 Å². The molecule has 0 radical (unpaired) electrons. The molecule has 2 rings (SSSR count). The molecular formula is C16H17F2NO3. The van der Waals surface area contributed by atoms with E-state index >= 15 is 0 Å². The van der Waals surface area contributed by atoms with Gasteiger partial charge in [0.2, 0.25) is 5.43 Å². The van der Waals surface area contributed by atoms with Crippen LogP contribution in [0.15, 0.2) is 17.1 Å². The van der Waals surface area contributed by atoms with Crippen molar-refractivity contribution in [2.24, 2.45) is 0 Å². The lowest BCUT2D eigenvalue weighted by Gasteiger charge is -2.21. The van der Waals surface area contributed by atoms with Gasteiger partial charge in [-0.15, -0.1) is 0 Å². The van der Waals surface area contributed by atoms with Crippen LogP contribution in [0.4, 0.5) is 8.78 Å². The number of aromatic nitrogens is 1. The molecule has 0 amide bonds. The van der Waals surface area contributed by atoms with Crippen LogP contribution in [0.25, 0.3) is 10.9 Å². The van der Waals surface area contributed by atoms with Crippen molar-refractivity contribution in [1.29, 1.82) is 0 Å². The first-order chi connectivity index (χ1) is 10.3. The van der Waals surface area contributed by atoms with Gasteiger partial charge in [0.05, 0.1) is 10.9 Å². The monoisotopic (exact) mass is 309 g/mol. The maximum atomic E-state index is 13.8. The summed E-state index contributed by atoms with van der Waals surface area (Å²) in [4.78, 5) is 23.6. The number of carboxylic acids is 1. The average Bonchev–Trinajstić information content (AvgIpc) is 2.47. The summed E-state index contributed by atoms with van der Waals surface area (Å²) in [6.07, 6.45) is 2.57. The lowest BCUT2D eigenvalue weighted by molar-refractivity contribution is 0.0694. The van der Waals surface area contributed by atoms with E-state index in [9.17, 15) is 23.5 Å². The van der Waals surface area contributed by atoms with E-state index in [0.29, 0.717) is 12.8 Å². The summed E-state index contributed by atoms with van der Waals surface area (Å²) < 4.78 is 29.1. The quantitative estimate of drug-likeness (QED) is 0.938. The van der Waals surface area contributed by atoms with E-state index in [2.05, 4.69) is 0 Å². The van der Waals surface area contributed by atoms with Crippen LogP contribution in [0.3, 0.4) is 0 Å². The van der Waals surface area contributed by atoms with Crippen molar-refractivity contribution in [2.45, 2.75) is 39.7 Å². The molecule has 0 bridgehead atoms. The standard InChI is InChI=1S/C16H17F2NO3/c1-4-9(5-2)19-7-10(16(21)22)15(20)13-8(3)14(18)11(17)6-12(13)19/h6-7,9H,4-5H2,1-3H3,(H,21,22). The van der Waals surface area contributed by atoms with Crippen molar-refractivity contribution >= 4 is 16.9 Å². The topological polar surface area (TPSA) is 59.3 Å². The Hall–Kier alpha value is -2.24. The van der Waals surface area contributed by atoms with Gasteiger partial charge in [-0.1, -0.05) is 13.8 Å². The number of aryl methyl sites for hydroxylation is 1. The highest BCUT2D eigenvalue weighted by Crippen LogP contribution is 2.26. The summed E-state index contributed by atoms with van der Waals surface area (Å²) in [6.45, 7) is 5.10. The zero-order valence-corrected chi connectivity index (χ0v) is 12.6. The Morgan fingerprint density at radius 1 is 1.32 bits per heavy atom. The molecule has 1 aromatic heterocycles. The van der Waals surface area contributed by atoms with E-state index < -0.39 is 28.6 Å². The number of halogens is 2. The fourth-order valence-corrected chi connectivity index (χ4v) is 2.77. The molecule has 0 spiro atoms. The number of aromatic carboxylic acids is 1. The zero-order valence-electron chi connectivity index (χ0n) is 12.6. The maximum Gasteiger partial charge on any atom is 0.341 e. The molecule has 0 fully saturated rings. The van der Waals surface area contributed by atoms with Gasteiger partial charge in [-0.2, -0.15) is 0 Å². The van der Waals surface area contributed by atoms with Crippen LogP contribution < -0.4 is 5.43 Å². The lowest BCUT2D eigenvalue weighted by Crippen LogP contribution is -2.22. The molecule has 0 aliphatic heterocycles. The van der Waals surface area contributed by atoms with Gasteiger partial charge >= 0.3 is 5.97 Å². The van der Waals surface area contributed by atoms with E-state index in [1.54, 1.807) is 4.57 Å². The van der Waals surface area contributed by atoms with Gasteiger partial charge in [-0.3, -0.25) is 4.79 Å². The van der Waals surface area contributed by atoms with Crippen LogP contribution in [-0.4, -0.2) is 15.6 Å². The molecule has 4 nitrogen and oxygen atoms in total. The normalized spacial score (nSPS) is 11.4. The number of carboxylic acid groups (broad SMARTS) is 1. The minimum atomic E-state index is -1.38. The third-order valence-corrected chi connectivity index (χ3v) is 4.02. The van der Waals surface area contributed by atoms with E-state index in [4.69, 9.17) is 0 Å². The van der Waals surface area contributed by atoms with E-state index in [0.717, 1.165) is 6.07 Å². The van der Waals surface area contributed by atoms with E-state index in [-0.39, 0.29) is 22.5 Å². The van der Waals surface area contributed by atoms with Crippen LogP contribution >= 0.6 is 0 Å². The van der Waals surface area contributed by atoms with Gasteiger partial charge in [-0.25, -0.2) is 13.6 Å². The Bertz CT molecular complexity index is 807. The molecular weight excluding hydrogens is 292 g/mol. The first-order valence-electron chi connectivity index (χ1n) is 7.10. The lowest BCUT2D eigenvalue weighted by atomic mass is 10.0. The number of rotatable bonds is 4. The SMILES string of the molecule is CCC(CC)n1cc(C(=O)O)c(=O)c2c(C)c(F)c(F)cc21. The summed E-state index contributed by atoms with van der Waals surface area (Å²) in [7, 11) is 0.